The van der Waals surface area contributed by atoms with Gasteiger partial charge in [-0.2, -0.15) is 0 Å². The zero-order chi connectivity index (χ0) is 40.3. The molecule has 0 fully saturated rings. The quantitative estimate of drug-likeness (QED) is 0.147. The summed E-state index contributed by atoms with van der Waals surface area (Å²) in [4.78, 5) is 0. The van der Waals surface area contributed by atoms with Gasteiger partial charge in [-0.05, 0) is 117 Å². The van der Waals surface area contributed by atoms with Gasteiger partial charge in [-0.15, -0.1) is 11.3 Å². The van der Waals surface area contributed by atoms with Gasteiger partial charge in [0.05, 0.1) is 0 Å². The lowest BCUT2D eigenvalue weighted by molar-refractivity contribution is 1.58. The molecule has 0 radical (unpaired) electrons. The Bertz CT molecular complexity index is 3580. The summed E-state index contributed by atoms with van der Waals surface area (Å²) in [5.41, 5.74) is 14.8. The fourth-order valence-electron chi connectivity index (χ4n) is 9.43. The minimum Gasteiger partial charge on any atom is -0.134 e. The van der Waals surface area contributed by atoms with Crippen molar-refractivity contribution in [3.63, 3.8) is 0 Å². The Morgan fingerprint density at radius 3 is 1.08 bits per heavy atom. The molecule has 0 aliphatic heterocycles. The molecule has 61 heavy (non-hydrogen) atoms. The van der Waals surface area contributed by atoms with Crippen LogP contribution in [-0.4, -0.2) is 0 Å². The first-order valence-electron chi connectivity index (χ1n) is 21.0. The predicted molar refractivity (Wildman–Crippen MR) is 264 cm³/mol. The molecule has 1 aromatic heterocycles. The first-order valence-corrected chi connectivity index (χ1v) is 21.8. The fraction of sp³-hybridized carbons (Fsp3) is 0. The van der Waals surface area contributed by atoms with Crippen LogP contribution in [0.5, 0.6) is 0 Å². The van der Waals surface area contributed by atoms with Gasteiger partial charge in [0.2, 0.25) is 0 Å². The van der Waals surface area contributed by atoms with Crippen molar-refractivity contribution in [3.8, 4) is 66.8 Å². The zero-order valence-corrected chi connectivity index (χ0v) is 34.2. The molecule has 1 heteroatoms. The van der Waals surface area contributed by atoms with Crippen LogP contribution in [0.25, 0.3) is 119 Å². The highest BCUT2D eigenvalue weighted by atomic mass is 32.1. The van der Waals surface area contributed by atoms with Crippen molar-refractivity contribution in [2.75, 3.05) is 0 Å². The van der Waals surface area contributed by atoms with Gasteiger partial charge in [-0.3, -0.25) is 0 Å². The SMILES string of the molecule is c1ccc(-c2ccc(-c3cccc(-c4cccc5c4sc4c(-c6ccc(-c7cccc(-c8ccc9c%10ccccc%10c%10ccccc%10c9c8)c7)cc6)cccc45)c3)cc2)cc1. The Labute approximate surface area is 359 Å². The molecule has 12 aromatic rings. The highest BCUT2D eigenvalue weighted by Gasteiger charge is 2.15. The number of fused-ring (bicyclic) bond motifs is 9. The van der Waals surface area contributed by atoms with E-state index in [0.29, 0.717) is 0 Å². The minimum atomic E-state index is 1.21. The predicted octanol–water partition coefficient (Wildman–Crippen LogP) is 17.5. The van der Waals surface area contributed by atoms with Crippen LogP contribution in [0.2, 0.25) is 0 Å². The standard InChI is InChI=1S/C60H38S/c1-2-12-39(13-3-1)40-26-28-41(29-27-40)45-15-9-17-48(37-45)50-23-11-25-57-56-24-10-22-49(59(56)61-60(50)57)43-32-30-42(31-33-43)44-14-8-16-46(36-44)47-34-35-55-53-20-5-4-18-51(53)52-19-6-7-21-54(52)58(55)38-47/h1-38H. The summed E-state index contributed by atoms with van der Waals surface area (Å²) in [5, 5.41) is 10.4. The second kappa shape index (κ2) is 14.6. The molecular weight excluding hydrogens is 753 g/mol. The lowest BCUT2D eigenvalue weighted by Crippen LogP contribution is -1.86. The largest absolute Gasteiger partial charge is 0.134 e. The average Bonchev–Trinajstić information content (AvgIpc) is 3.74. The number of hydrogen-bond acceptors (Lipinski definition) is 1. The fourth-order valence-corrected chi connectivity index (χ4v) is 10.8. The molecule has 0 nitrogen and oxygen atoms in total. The summed E-state index contributed by atoms with van der Waals surface area (Å²) in [7, 11) is 0. The van der Waals surface area contributed by atoms with E-state index in [4.69, 9.17) is 0 Å². The summed E-state index contributed by atoms with van der Waals surface area (Å²) in [6.07, 6.45) is 0. The normalized spacial score (nSPS) is 11.6. The minimum absolute atomic E-state index is 1.21. The van der Waals surface area contributed by atoms with Crippen molar-refractivity contribution in [2.24, 2.45) is 0 Å². The van der Waals surface area contributed by atoms with Crippen molar-refractivity contribution < 1.29 is 0 Å². The van der Waals surface area contributed by atoms with Gasteiger partial charge in [0.15, 0.2) is 0 Å². The molecule has 0 atom stereocenters. The van der Waals surface area contributed by atoms with E-state index in [-0.39, 0.29) is 0 Å². The van der Waals surface area contributed by atoms with E-state index < -0.39 is 0 Å². The molecule has 0 amide bonds. The number of rotatable bonds is 6. The van der Waals surface area contributed by atoms with E-state index >= 15 is 0 Å². The van der Waals surface area contributed by atoms with Crippen LogP contribution in [0.3, 0.4) is 0 Å². The molecule has 0 N–H and O–H groups in total. The molecule has 0 spiro atoms. The molecule has 0 bridgehead atoms. The molecule has 11 aromatic carbocycles. The molecule has 1 heterocycles. The van der Waals surface area contributed by atoms with Crippen molar-refractivity contribution in [2.45, 2.75) is 0 Å². The van der Waals surface area contributed by atoms with Crippen LogP contribution < -0.4 is 0 Å². The summed E-state index contributed by atoms with van der Waals surface area (Å²) >= 11 is 1.91. The number of benzene rings is 11. The van der Waals surface area contributed by atoms with Gasteiger partial charge in [0.25, 0.3) is 0 Å². The first-order chi connectivity index (χ1) is 30.2. The van der Waals surface area contributed by atoms with Crippen molar-refractivity contribution in [1.29, 1.82) is 0 Å². The van der Waals surface area contributed by atoms with E-state index in [9.17, 15) is 0 Å². The van der Waals surface area contributed by atoms with E-state index in [2.05, 4.69) is 231 Å². The summed E-state index contributed by atoms with van der Waals surface area (Å²) in [6, 6.07) is 84.7. The Hall–Kier alpha value is -7.58. The van der Waals surface area contributed by atoms with Gasteiger partial charge in [-0.25, -0.2) is 0 Å². The highest BCUT2D eigenvalue weighted by molar-refractivity contribution is 7.26. The molecular formula is C60H38S. The highest BCUT2D eigenvalue weighted by Crippen LogP contribution is 2.45. The maximum absolute atomic E-state index is 2.38. The molecule has 0 saturated carbocycles. The van der Waals surface area contributed by atoms with Crippen molar-refractivity contribution in [1.82, 2.24) is 0 Å². The van der Waals surface area contributed by atoms with E-state index in [0.717, 1.165) is 0 Å². The molecule has 0 aliphatic rings. The summed E-state index contributed by atoms with van der Waals surface area (Å²) in [5.74, 6) is 0. The van der Waals surface area contributed by atoms with Crippen LogP contribution in [-0.2, 0) is 0 Å². The van der Waals surface area contributed by atoms with Crippen LogP contribution >= 0.6 is 11.3 Å². The molecule has 0 unspecified atom stereocenters. The zero-order valence-electron chi connectivity index (χ0n) is 33.3. The maximum Gasteiger partial charge on any atom is 0.0434 e. The topological polar surface area (TPSA) is 0 Å². The van der Waals surface area contributed by atoms with Crippen LogP contribution in [0, 0.1) is 0 Å². The van der Waals surface area contributed by atoms with Crippen molar-refractivity contribution >= 4 is 63.8 Å². The van der Waals surface area contributed by atoms with E-state index in [1.807, 2.05) is 11.3 Å². The Kier molecular flexibility index (Phi) is 8.47. The van der Waals surface area contributed by atoms with Crippen LogP contribution in [0.1, 0.15) is 0 Å². The first kappa shape index (κ1) is 35.4. The maximum atomic E-state index is 2.38. The van der Waals surface area contributed by atoms with Gasteiger partial charge in [0.1, 0.15) is 0 Å². The molecule has 12 rings (SSSR count). The third-order valence-corrected chi connectivity index (χ3v) is 13.8. The lowest BCUT2D eigenvalue weighted by Gasteiger charge is -2.13. The Morgan fingerprint density at radius 1 is 0.180 bits per heavy atom. The smallest absolute Gasteiger partial charge is 0.0434 e. The van der Waals surface area contributed by atoms with Gasteiger partial charge in [0, 0.05) is 20.2 Å². The van der Waals surface area contributed by atoms with Crippen molar-refractivity contribution in [3.05, 3.63) is 231 Å². The van der Waals surface area contributed by atoms with E-state index in [1.54, 1.807) is 0 Å². The van der Waals surface area contributed by atoms with Crippen LogP contribution in [0.15, 0.2) is 231 Å². The average molecular weight is 791 g/mol. The monoisotopic (exact) mass is 790 g/mol. The molecule has 0 aliphatic carbocycles. The number of thiophene rings is 1. The summed E-state index contributed by atoms with van der Waals surface area (Å²) < 4.78 is 2.65. The second-order valence-electron chi connectivity index (χ2n) is 16.0. The Morgan fingerprint density at radius 2 is 0.508 bits per heavy atom. The third-order valence-electron chi connectivity index (χ3n) is 12.5. The van der Waals surface area contributed by atoms with Crippen LogP contribution in [0.4, 0.5) is 0 Å². The van der Waals surface area contributed by atoms with Gasteiger partial charge >= 0.3 is 0 Å². The Balaban J connectivity index is 0.869. The number of hydrogen-bond donors (Lipinski definition) is 0. The van der Waals surface area contributed by atoms with Gasteiger partial charge in [-0.1, -0.05) is 212 Å². The second-order valence-corrected chi connectivity index (χ2v) is 17.0. The molecule has 284 valence electrons. The molecule has 0 saturated heterocycles. The lowest BCUT2D eigenvalue weighted by atomic mass is 9.91. The van der Waals surface area contributed by atoms with E-state index in [1.165, 1.54) is 119 Å². The summed E-state index contributed by atoms with van der Waals surface area (Å²) in [6.45, 7) is 0. The third kappa shape index (κ3) is 6.13. The van der Waals surface area contributed by atoms with Gasteiger partial charge < -0.3 is 0 Å².